The van der Waals surface area contributed by atoms with Crippen molar-refractivity contribution < 1.29 is 9.72 Å². The van der Waals surface area contributed by atoms with Crippen molar-refractivity contribution >= 4 is 28.2 Å². The first-order valence-electron chi connectivity index (χ1n) is 7.48. The van der Waals surface area contributed by atoms with Crippen molar-refractivity contribution in [1.82, 2.24) is 9.55 Å². The Hall–Kier alpha value is -3.55. The number of fused-ring (bicyclic) bond motifs is 1. The van der Waals surface area contributed by atoms with Gasteiger partial charge in [0.05, 0.1) is 22.2 Å². The fourth-order valence-corrected chi connectivity index (χ4v) is 2.40. The molecule has 0 aliphatic heterocycles. The molecule has 0 aliphatic rings. The molecule has 8 nitrogen and oxygen atoms in total. The molecular weight excluding hydrogens is 324 g/mol. The SMILES string of the molecule is C[C@@H](C(=O)Nc1ccc([N+](=O)[O-])cc1)n1cnc2ccccc2c1=O. The van der Waals surface area contributed by atoms with Crippen LogP contribution in [-0.4, -0.2) is 20.4 Å². The number of carbonyl (C=O) groups excluding carboxylic acids is 1. The van der Waals surface area contributed by atoms with Crippen LogP contribution in [0, 0.1) is 10.1 Å². The molecule has 0 spiro atoms. The highest BCUT2D eigenvalue weighted by Gasteiger charge is 2.18. The molecule has 1 atom stereocenters. The highest BCUT2D eigenvalue weighted by Crippen LogP contribution is 2.17. The van der Waals surface area contributed by atoms with Gasteiger partial charge in [-0.05, 0) is 31.2 Å². The Balaban J connectivity index is 1.84. The van der Waals surface area contributed by atoms with Crippen molar-refractivity contribution in [3.63, 3.8) is 0 Å². The van der Waals surface area contributed by atoms with E-state index in [4.69, 9.17) is 0 Å². The highest BCUT2D eigenvalue weighted by atomic mass is 16.6. The van der Waals surface area contributed by atoms with Crippen molar-refractivity contribution in [3.8, 4) is 0 Å². The molecule has 2 aromatic carbocycles. The van der Waals surface area contributed by atoms with Gasteiger partial charge in [-0.15, -0.1) is 0 Å². The van der Waals surface area contributed by atoms with E-state index in [0.717, 1.165) is 0 Å². The van der Waals surface area contributed by atoms with Crippen LogP contribution in [0.4, 0.5) is 11.4 Å². The molecule has 8 heteroatoms. The van der Waals surface area contributed by atoms with E-state index in [-0.39, 0.29) is 11.2 Å². The fourth-order valence-electron chi connectivity index (χ4n) is 2.40. The van der Waals surface area contributed by atoms with Gasteiger partial charge in [0.2, 0.25) is 5.91 Å². The zero-order chi connectivity index (χ0) is 18.0. The van der Waals surface area contributed by atoms with Gasteiger partial charge in [0, 0.05) is 17.8 Å². The van der Waals surface area contributed by atoms with E-state index in [2.05, 4.69) is 10.3 Å². The second-order valence-electron chi connectivity index (χ2n) is 5.44. The van der Waals surface area contributed by atoms with Crippen LogP contribution in [-0.2, 0) is 4.79 Å². The number of rotatable bonds is 4. The Bertz CT molecular complexity index is 1010. The first-order valence-corrected chi connectivity index (χ1v) is 7.48. The van der Waals surface area contributed by atoms with E-state index in [9.17, 15) is 19.7 Å². The minimum Gasteiger partial charge on any atom is -0.324 e. The minimum absolute atomic E-state index is 0.0685. The number of aromatic nitrogens is 2. The number of nitro benzene ring substituents is 1. The van der Waals surface area contributed by atoms with E-state index in [1.807, 2.05) is 0 Å². The maximum Gasteiger partial charge on any atom is 0.269 e. The number of nitrogens with one attached hydrogen (secondary N) is 1. The van der Waals surface area contributed by atoms with Gasteiger partial charge < -0.3 is 5.32 Å². The van der Waals surface area contributed by atoms with Crippen molar-refractivity contribution in [2.45, 2.75) is 13.0 Å². The number of anilines is 1. The molecule has 1 heterocycles. The Morgan fingerprint density at radius 3 is 2.56 bits per heavy atom. The molecule has 0 unspecified atom stereocenters. The number of nitro groups is 1. The van der Waals surface area contributed by atoms with Crippen LogP contribution in [0.15, 0.2) is 59.7 Å². The topological polar surface area (TPSA) is 107 Å². The molecule has 1 N–H and O–H groups in total. The summed E-state index contributed by atoms with van der Waals surface area (Å²) in [6, 6.07) is 11.6. The van der Waals surface area contributed by atoms with Crippen LogP contribution in [0.3, 0.4) is 0 Å². The number of carbonyl (C=O) groups is 1. The molecule has 0 fully saturated rings. The van der Waals surface area contributed by atoms with Crippen molar-refractivity contribution in [3.05, 3.63) is 75.3 Å². The van der Waals surface area contributed by atoms with E-state index < -0.39 is 16.9 Å². The lowest BCUT2D eigenvalue weighted by atomic mass is 10.2. The smallest absolute Gasteiger partial charge is 0.269 e. The average Bonchev–Trinajstić information content (AvgIpc) is 2.62. The molecule has 1 amide bonds. The van der Waals surface area contributed by atoms with Crippen LogP contribution >= 0.6 is 0 Å². The zero-order valence-electron chi connectivity index (χ0n) is 13.2. The molecule has 0 saturated heterocycles. The summed E-state index contributed by atoms with van der Waals surface area (Å²) in [4.78, 5) is 39.2. The molecule has 126 valence electrons. The molecule has 0 radical (unpaired) electrons. The lowest BCUT2D eigenvalue weighted by Crippen LogP contribution is -2.31. The summed E-state index contributed by atoms with van der Waals surface area (Å²) < 4.78 is 1.25. The standard InChI is InChI=1S/C17H14N4O4/c1-11(16(22)19-12-6-8-13(9-7-12)21(24)25)20-10-18-15-5-3-2-4-14(15)17(20)23/h2-11H,1H3,(H,19,22)/t11-/m0/s1. The minimum atomic E-state index is -0.792. The van der Waals surface area contributed by atoms with Gasteiger partial charge in [-0.3, -0.25) is 24.3 Å². The monoisotopic (exact) mass is 338 g/mol. The lowest BCUT2D eigenvalue weighted by molar-refractivity contribution is -0.384. The number of non-ortho nitro benzene ring substituents is 1. The predicted octanol–water partition coefficient (Wildman–Crippen LogP) is 2.50. The highest BCUT2D eigenvalue weighted by molar-refractivity contribution is 5.93. The lowest BCUT2D eigenvalue weighted by Gasteiger charge is -2.15. The van der Waals surface area contributed by atoms with Gasteiger partial charge in [-0.25, -0.2) is 4.98 Å². The van der Waals surface area contributed by atoms with Gasteiger partial charge in [0.15, 0.2) is 0 Å². The second kappa shape index (κ2) is 6.52. The summed E-state index contributed by atoms with van der Waals surface area (Å²) in [5.41, 5.74) is 0.592. The summed E-state index contributed by atoms with van der Waals surface area (Å²) in [7, 11) is 0. The number of para-hydroxylation sites is 1. The van der Waals surface area contributed by atoms with Gasteiger partial charge >= 0.3 is 0 Å². The van der Waals surface area contributed by atoms with Crippen molar-refractivity contribution in [2.24, 2.45) is 0 Å². The second-order valence-corrected chi connectivity index (χ2v) is 5.44. The van der Waals surface area contributed by atoms with Gasteiger partial charge in [0.1, 0.15) is 6.04 Å². The summed E-state index contributed by atoms with van der Waals surface area (Å²) in [5.74, 6) is -0.423. The quantitative estimate of drug-likeness (QED) is 0.581. The van der Waals surface area contributed by atoms with Gasteiger partial charge in [-0.1, -0.05) is 12.1 Å². The molecule has 25 heavy (non-hydrogen) atoms. The molecule has 0 saturated carbocycles. The normalized spacial score (nSPS) is 11.9. The van der Waals surface area contributed by atoms with E-state index >= 15 is 0 Å². The van der Waals surface area contributed by atoms with Crippen LogP contribution in [0.1, 0.15) is 13.0 Å². The molecule has 1 aromatic heterocycles. The van der Waals surface area contributed by atoms with Gasteiger partial charge in [-0.2, -0.15) is 0 Å². The molecule has 0 aliphatic carbocycles. The molecular formula is C17H14N4O4. The summed E-state index contributed by atoms with van der Waals surface area (Å²) in [5, 5.41) is 13.7. The number of hydrogen-bond donors (Lipinski definition) is 1. The Kier molecular flexibility index (Phi) is 4.25. The first kappa shape index (κ1) is 16.3. The van der Waals surface area contributed by atoms with Crippen molar-refractivity contribution in [2.75, 3.05) is 5.32 Å². The van der Waals surface area contributed by atoms with E-state index in [1.54, 1.807) is 31.2 Å². The largest absolute Gasteiger partial charge is 0.324 e. The fraction of sp³-hybridized carbons (Fsp3) is 0.118. The third-order valence-electron chi connectivity index (χ3n) is 3.83. The van der Waals surface area contributed by atoms with Gasteiger partial charge in [0.25, 0.3) is 11.2 Å². The van der Waals surface area contributed by atoms with E-state index in [1.165, 1.54) is 35.2 Å². The van der Waals surface area contributed by atoms with Crippen molar-refractivity contribution in [1.29, 1.82) is 0 Å². The first-order chi connectivity index (χ1) is 12.0. The number of nitrogens with zero attached hydrogens (tertiary/aromatic N) is 3. The van der Waals surface area contributed by atoms with Crippen LogP contribution in [0.2, 0.25) is 0 Å². The Morgan fingerprint density at radius 1 is 1.20 bits per heavy atom. The molecule has 0 bridgehead atoms. The summed E-state index contributed by atoms with van der Waals surface area (Å²) in [6.45, 7) is 1.58. The zero-order valence-corrected chi connectivity index (χ0v) is 13.2. The Labute approximate surface area is 141 Å². The predicted molar refractivity (Wildman–Crippen MR) is 92.4 cm³/mol. The summed E-state index contributed by atoms with van der Waals surface area (Å²) >= 11 is 0. The maximum absolute atomic E-state index is 12.5. The number of amides is 1. The maximum atomic E-state index is 12.5. The third kappa shape index (κ3) is 3.23. The van der Waals surface area contributed by atoms with Crippen LogP contribution in [0.25, 0.3) is 10.9 Å². The number of hydrogen-bond acceptors (Lipinski definition) is 5. The molecule has 3 rings (SSSR count). The van der Waals surface area contributed by atoms with E-state index in [0.29, 0.717) is 16.6 Å². The average molecular weight is 338 g/mol. The third-order valence-corrected chi connectivity index (χ3v) is 3.83. The Morgan fingerprint density at radius 2 is 1.88 bits per heavy atom. The van der Waals surface area contributed by atoms with Crippen LogP contribution < -0.4 is 10.9 Å². The number of benzene rings is 2. The summed E-state index contributed by atoms with van der Waals surface area (Å²) in [6.07, 6.45) is 1.34. The van der Waals surface area contributed by atoms with Crippen LogP contribution in [0.5, 0.6) is 0 Å². The molecule has 3 aromatic rings.